The summed E-state index contributed by atoms with van der Waals surface area (Å²) in [5.74, 6) is -5.68. The van der Waals surface area contributed by atoms with Crippen molar-refractivity contribution in [2.75, 3.05) is 31.3 Å². The van der Waals surface area contributed by atoms with Crippen molar-refractivity contribution in [3.63, 3.8) is 0 Å². The molecule has 2 heterocycles. The Morgan fingerprint density at radius 1 is 0.548 bits per heavy atom. The molecule has 16 rings (SSSR count). The lowest BCUT2D eigenvalue weighted by atomic mass is 9.83. The summed E-state index contributed by atoms with van der Waals surface area (Å²) in [6.45, 7) is 16.0. The normalized spacial score (nSPS) is 13.6. The number of nitrogens with two attached hydrogens (primary N) is 1. The van der Waals surface area contributed by atoms with E-state index in [1.165, 1.54) is 67.0 Å². The lowest BCUT2D eigenvalue weighted by Crippen LogP contribution is -2.43. The summed E-state index contributed by atoms with van der Waals surface area (Å²) in [6.07, 6.45) is 16.9. The van der Waals surface area contributed by atoms with Crippen LogP contribution in [0.5, 0.6) is 17.2 Å². The van der Waals surface area contributed by atoms with E-state index >= 15 is 0 Å². The molecule has 3 aliphatic rings. The quantitative estimate of drug-likeness (QED) is 0.00456. The van der Waals surface area contributed by atoms with Gasteiger partial charge in [-0.3, -0.25) is 63.1 Å². The van der Waals surface area contributed by atoms with E-state index in [0.717, 1.165) is 99.4 Å². The molecule has 146 heavy (non-hydrogen) atoms. The first-order chi connectivity index (χ1) is 70.0. The number of fused-ring (bicyclic) bond motifs is 6. The summed E-state index contributed by atoms with van der Waals surface area (Å²) in [4.78, 5) is 117. The third kappa shape index (κ3) is 30.9. The smallest absolute Gasteiger partial charge is 0.323 e. The van der Waals surface area contributed by atoms with Gasteiger partial charge in [0.25, 0.3) is 11.8 Å². The van der Waals surface area contributed by atoms with Crippen molar-refractivity contribution >= 4 is 133 Å². The number of ether oxygens (including phenoxy) is 3. The number of hydrazine groups is 1. The van der Waals surface area contributed by atoms with Gasteiger partial charge in [-0.05, 0) is 272 Å². The second kappa shape index (κ2) is 55.4. The van der Waals surface area contributed by atoms with Crippen molar-refractivity contribution < 1.29 is 98.0 Å². The summed E-state index contributed by atoms with van der Waals surface area (Å²) in [7, 11) is 3.09. The number of hydroxylamine groups is 1. The molecule has 5 atom stereocenters. The molecule has 2 amide bonds. The summed E-state index contributed by atoms with van der Waals surface area (Å²) in [6, 6.07) is 75.5. The molecule has 0 aliphatic heterocycles. The highest BCUT2D eigenvalue weighted by atomic mass is 35.5. The van der Waals surface area contributed by atoms with E-state index in [0.29, 0.717) is 121 Å². The van der Waals surface area contributed by atoms with Gasteiger partial charge in [0.05, 0.1) is 85.4 Å². The third-order valence-electron chi connectivity index (χ3n) is 25.7. The fourth-order valence-corrected chi connectivity index (χ4v) is 18.5. The van der Waals surface area contributed by atoms with E-state index in [-0.39, 0.29) is 49.0 Å². The van der Waals surface area contributed by atoms with Crippen LogP contribution in [-0.2, 0) is 70.6 Å². The molecule has 0 bridgehead atoms. The van der Waals surface area contributed by atoms with Crippen LogP contribution >= 0.6 is 34.8 Å². The Morgan fingerprint density at radius 3 is 1.75 bits per heavy atom. The molecule has 0 saturated heterocycles. The van der Waals surface area contributed by atoms with Gasteiger partial charge >= 0.3 is 35.8 Å². The molecule has 5 unspecified atom stereocenters. The van der Waals surface area contributed by atoms with E-state index in [1.54, 1.807) is 121 Å². The Labute approximate surface area is 865 Å². The van der Waals surface area contributed by atoms with E-state index in [1.807, 2.05) is 184 Å². The summed E-state index contributed by atoms with van der Waals surface area (Å²) in [5, 5.41) is 68.4. The maximum absolute atomic E-state index is 13.0. The Kier molecular flexibility index (Phi) is 43.0. The number of allylic oxidation sites excluding steroid dienone is 1. The van der Waals surface area contributed by atoms with Gasteiger partial charge in [-0.1, -0.05) is 241 Å². The van der Waals surface area contributed by atoms with Crippen LogP contribution in [0, 0.1) is 25.7 Å². The Bertz CT molecular complexity index is 6700. The molecule has 13 aromatic rings. The number of carboxylic acid groups (broad SMARTS) is 6. The average molecular weight is 2040 g/mol. The third-order valence-corrected chi connectivity index (χ3v) is 26.5. The number of methoxy groups -OCH3 is 2. The standard InChI is InChI=1S/C21H19NO4.C19H16ClNO4.C19H22N2O3.C16H14ClNO2.C16H19ClO2.C14H20O2.C12H17NO3/c1-14-17(13-21(24)25)18-12-16(26-2)9-10-19(18)22(14)20(23)11-8-15-6-4-3-5-7-15;1-11-18(19(24)12-3-5-13(20)6-4-12)15-8-7-14(25-2)9-16(15)21(11)10-17(22)23;1-2-3-14-17(19(23)24)18(22)21(16-12-8-5-9-13-16)20-15-10-6-4-7-11-15;1-8(16(19)20)9-2-4-11-13-7-10(17)3-5-12(13)15(18)14(11)6-9;17-15-9-13-11(6-7-12(13)16(18)19)8-14(15)10-4-2-1-3-5-10;1-4-13(14(15)16)12-7-5-11(6-8-12)9-10(2)3;1-2-3-8-16-11-6-4-10(5-7-11)9-12(14)13-15/h3-12H,13H2,1-2H3,(H,24,25);3-9H,10H2,1-2H3,(H,22,23);4-13,17,20H,2-3,14H2,1H3,(H,23,24);2-8,15H,18H2,1H3,(H,19,20);8-10,12H,1-7H2,(H,18,19);5-8,10,13H,4,9H2,1-3H3,(H,15,16);4-7,15H,2-3,8-9H2,1H3,(H,13,14)/b11-8+;;;;;;. The van der Waals surface area contributed by atoms with Crippen LogP contribution < -0.4 is 35.9 Å². The number of amides is 2. The number of carbonyl (C=O) groups is 10. The van der Waals surface area contributed by atoms with Gasteiger partial charge in [0, 0.05) is 54.9 Å². The van der Waals surface area contributed by atoms with Crippen molar-refractivity contribution in [2.45, 2.75) is 194 Å². The number of aryl methyl sites for hydroxylation is 1. The molecule has 1 saturated carbocycles. The van der Waals surface area contributed by atoms with E-state index in [4.69, 9.17) is 70.2 Å². The highest BCUT2D eigenvalue weighted by Gasteiger charge is 2.35. The van der Waals surface area contributed by atoms with Crippen LogP contribution in [0.4, 0.5) is 11.4 Å². The number of anilines is 2. The zero-order valence-corrected chi connectivity index (χ0v) is 85.9. The molecule has 11 aromatic carbocycles. The highest BCUT2D eigenvalue weighted by molar-refractivity contribution is 6.32. The van der Waals surface area contributed by atoms with Gasteiger partial charge < -0.3 is 55.2 Å². The molecule has 766 valence electrons. The molecular weight excluding hydrogens is 1920 g/mol. The average Bonchev–Trinajstić information content (AvgIpc) is 1.59. The number of hydrogen-bond acceptors (Lipinski definition) is 16. The Hall–Kier alpha value is -14.7. The second-order valence-corrected chi connectivity index (χ2v) is 37.5. The monoisotopic (exact) mass is 2040 g/mol. The summed E-state index contributed by atoms with van der Waals surface area (Å²) < 4.78 is 19.1. The number of nitrogens with zero attached hydrogens (tertiary/aromatic N) is 3. The van der Waals surface area contributed by atoms with Gasteiger partial charge in [0.1, 0.15) is 29.7 Å². The Morgan fingerprint density at radius 2 is 1.16 bits per heavy atom. The number of rotatable bonds is 33. The van der Waals surface area contributed by atoms with Crippen LogP contribution in [0.1, 0.15) is 242 Å². The molecular formula is C117H127Cl3N6O20. The van der Waals surface area contributed by atoms with E-state index < -0.39 is 59.5 Å². The molecule has 26 nitrogen and oxygen atoms in total. The van der Waals surface area contributed by atoms with Crippen molar-refractivity contribution in [1.29, 1.82) is 0 Å². The van der Waals surface area contributed by atoms with Crippen molar-refractivity contribution in [2.24, 2.45) is 17.6 Å². The molecule has 0 spiro atoms. The zero-order chi connectivity index (χ0) is 106. The number of unbranched alkanes of at least 4 members (excludes halogenated alkanes) is 2. The maximum Gasteiger partial charge on any atom is 0.323 e. The fraction of sp³-hybridized carbons (Fsp3) is 0.299. The number of hydrogen-bond donors (Lipinski definition) is 10. The second-order valence-electron chi connectivity index (χ2n) is 36.3. The molecule has 2 aromatic heterocycles. The number of nitrogens with one attached hydrogen (secondary N) is 2. The van der Waals surface area contributed by atoms with Crippen LogP contribution in [0.25, 0.3) is 39.0 Å². The van der Waals surface area contributed by atoms with Crippen molar-refractivity contribution in [3.8, 4) is 28.4 Å². The first-order valence-electron chi connectivity index (χ1n) is 48.7. The predicted molar refractivity (Wildman–Crippen MR) is 572 cm³/mol. The maximum atomic E-state index is 13.0. The molecule has 0 radical (unpaired) electrons. The number of benzene rings is 11. The number of ketones is 1. The largest absolute Gasteiger partial charge is 0.497 e. The van der Waals surface area contributed by atoms with Gasteiger partial charge in [0.2, 0.25) is 5.91 Å². The first kappa shape index (κ1) is 113. The highest BCUT2D eigenvalue weighted by Crippen LogP contribution is 2.46. The lowest BCUT2D eigenvalue weighted by molar-refractivity contribution is -0.147. The number of aliphatic carboxylic acids is 6. The number of carbonyl (C=O) groups excluding carboxylic acids is 4. The van der Waals surface area contributed by atoms with Gasteiger partial charge in [0.15, 0.2) is 5.78 Å². The molecule has 1 fully saturated rings. The van der Waals surface area contributed by atoms with E-state index in [9.17, 15) is 68.4 Å². The minimum atomic E-state index is -1.09. The minimum Gasteiger partial charge on any atom is -0.497 e. The first-order valence-corrected chi connectivity index (χ1v) is 49.9. The minimum absolute atomic E-state index is 0.155. The van der Waals surface area contributed by atoms with Crippen LogP contribution in [0.3, 0.4) is 0 Å². The number of para-hydroxylation sites is 2. The SMILES string of the molecule is CC(C(=O)O)c1ccc2c(c1)C(N)c1ccc(Cl)cc1-2.CCC(C(=O)O)c1ccc(CC(C)C)cc1.CCCCC(C(=O)O)C(=O)N(Nc1ccccc1)c1ccccc1.CCCCOc1ccc(CC(=O)NO)cc1.COc1ccc2c(C(=O)c3ccc(Cl)cc3)c(C)n(CC(=O)O)c2c1.COc1ccc2c(c1)c(CC(=O)O)c(C)n2C(=O)/C=C/c1ccccc1.O=C(O)C1CCc2cc(C3CCCCC3)c(Cl)cc21. The van der Waals surface area contributed by atoms with Gasteiger partial charge in [-0.15, -0.1) is 0 Å². The predicted octanol–water partition coefficient (Wildman–Crippen LogP) is 25.2. The van der Waals surface area contributed by atoms with Crippen LogP contribution in [-0.4, -0.2) is 125 Å². The lowest BCUT2D eigenvalue weighted by Gasteiger charge is -2.27. The van der Waals surface area contributed by atoms with Gasteiger partial charge in [-0.25, -0.2) is 10.5 Å². The van der Waals surface area contributed by atoms with E-state index in [2.05, 4.69) is 32.3 Å². The van der Waals surface area contributed by atoms with Crippen molar-refractivity contribution in [1.82, 2.24) is 14.6 Å². The molecule has 3 aliphatic carbocycles. The molecule has 11 N–H and O–H groups in total. The number of carboxylic acids is 6. The summed E-state index contributed by atoms with van der Waals surface area (Å²) >= 11 is 18.3. The number of halogens is 3. The van der Waals surface area contributed by atoms with Crippen LogP contribution in [0.15, 0.2) is 255 Å². The van der Waals surface area contributed by atoms with Gasteiger partial charge in [-0.2, -0.15) is 0 Å². The fourth-order valence-electron chi connectivity index (χ4n) is 17.9. The van der Waals surface area contributed by atoms with Crippen LogP contribution in [0.2, 0.25) is 15.1 Å². The topological polar surface area (TPSA) is 403 Å². The summed E-state index contributed by atoms with van der Waals surface area (Å²) in [5.41, 5.74) is 28.5. The zero-order valence-electron chi connectivity index (χ0n) is 83.6. The number of aromatic nitrogens is 2. The Balaban J connectivity index is 0.000000176. The molecule has 29 heteroatoms. The van der Waals surface area contributed by atoms with Crippen molar-refractivity contribution in [3.05, 3.63) is 354 Å².